The van der Waals surface area contributed by atoms with Crippen molar-refractivity contribution in [2.45, 2.75) is 25.2 Å². The number of amides is 1. The van der Waals surface area contributed by atoms with Gasteiger partial charge in [0.2, 0.25) is 5.91 Å². The summed E-state index contributed by atoms with van der Waals surface area (Å²) in [6, 6.07) is 3.98. The number of carboxylic acid groups (broad SMARTS) is 1. The Morgan fingerprint density at radius 2 is 2.16 bits per heavy atom. The Morgan fingerprint density at radius 1 is 1.40 bits per heavy atom. The number of carboxylic acids is 1. The van der Waals surface area contributed by atoms with Gasteiger partial charge < -0.3 is 14.7 Å². The standard InChI is InChI=1S/C18H21F2NO4/c1-25-10-18(17(23)24)6-3-7-21(9-18)16(22)13-8-12(13)11-4-2-5-14(19)15(11)20/h2,4-5,12-13H,3,6-10H2,1H3,(H,23,24). The largest absolute Gasteiger partial charge is 0.481 e. The fourth-order valence-electron chi connectivity index (χ4n) is 3.80. The molecule has 3 unspecified atom stereocenters. The predicted molar refractivity (Wildman–Crippen MR) is 85.0 cm³/mol. The number of benzene rings is 1. The molecule has 0 spiro atoms. The number of halogens is 2. The Bertz CT molecular complexity index is 692. The van der Waals surface area contributed by atoms with Gasteiger partial charge in [0.05, 0.1) is 6.61 Å². The number of likely N-dealkylation sites (tertiary alicyclic amines) is 1. The summed E-state index contributed by atoms with van der Waals surface area (Å²) in [6.45, 7) is 0.606. The Morgan fingerprint density at radius 3 is 2.84 bits per heavy atom. The molecule has 3 rings (SSSR count). The first-order chi connectivity index (χ1) is 11.9. The summed E-state index contributed by atoms with van der Waals surface area (Å²) >= 11 is 0. The van der Waals surface area contributed by atoms with E-state index in [0.29, 0.717) is 25.8 Å². The molecule has 136 valence electrons. The summed E-state index contributed by atoms with van der Waals surface area (Å²) in [5.41, 5.74) is -0.881. The molecule has 0 bridgehead atoms. The van der Waals surface area contributed by atoms with Crippen molar-refractivity contribution in [3.63, 3.8) is 0 Å². The van der Waals surface area contributed by atoms with Crippen LogP contribution in [0.3, 0.4) is 0 Å². The normalized spacial score (nSPS) is 28.7. The second-order valence-electron chi connectivity index (χ2n) is 6.97. The maximum absolute atomic E-state index is 13.9. The molecule has 1 N–H and O–H groups in total. The molecular formula is C18H21F2NO4. The van der Waals surface area contributed by atoms with Crippen LogP contribution in [0.2, 0.25) is 0 Å². The first-order valence-electron chi connectivity index (χ1n) is 8.34. The van der Waals surface area contributed by atoms with E-state index < -0.39 is 28.9 Å². The molecule has 0 aromatic heterocycles. The molecule has 0 radical (unpaired) electrons. The lowest BCUT2D eigenvalue weighted by molar-refractivity contribution is -0.159. The van der Waals surface area contributed by atoms with Gasteiger partial charge in [-0.15, -0.1) is 0 Å². The molecule has 1 aliphatic heterocycles. The summed E-state index contributed by atoms with van der Waals surface area (Å²) < 4.78 is 32.3. The molecule has 2 fully saturated rings. The molecule has 7 heteroatoms. The predicted octanol–water partition coefficient (Wildman–Crippen LogP) is 2.41. The van der Waals surface area contributed by atoms with Crippen molar-refractivity contribution >= 4 is 11.9 Å². The topological polar surface area (TPSA) is 66.8 Å². The molecule has 25 heavy (non-hydrogen) atoms. The SMILES string of the molecule is COCC1(C(=O)O)CCCN(C(=O)C2CC2c2cccc(F)c2F)C1. The first kappa shape index (κ1) is 17.8. The van der Waals surface area contributed by atoms with Crippen molar-refractivity contribution < 1.29 is 28.2 Å². The molecule has 1 aromatic rings. The zero-order valence-electron chi connectivity index (χ0n) is 14.0. The average molecular weight is 353 g/mol. The van der Waals surface area contributed by atoms with E-state index in [0.717, 1.165) is 6.07 Å². The van der Waals surface area contributed by atoms with Crippen LogP contribution < -0.4 is 0 Å². The van der Waals surface area contributed by atoms with Crippen molar-refractivity contribution in [3.8, 4) is 0 Å². The summed E-state index contributed by atoms with van der Waals surface area (Å²) in [5.74, 6) is -3.74. The zero-order chi connectivity index (χ0) is 18.2. The highest BCUT2D eigenvalue weighted by Gasteiger charge is 2.50. The molecule has 1 saturated heterocycles. The molecular weight excluding hydrogens is 332 g/mol. The van der Waals surface area contributed by atoms with Crippen molar-refractivity contribution in [1.29, 1.82) is 0 Å². The number of ether oxygens (including phenoxy) is 1. The van der Waals surface area contributed by atoms with Crippen molar-refractivity contribution in [2.75, 3.05) is 26.8 Å². The lowest BCUT2D eigenvalue weighted by atomic mass is 9.80. The molecule has 1 aromatic carbocycles. The molecule has 1 saturated carbocycles. The average Bonchev–Trinajstić information content (AvgIpc) is 3.37. The fourth-order valence-corrected chi connectivity index (χ4v) is 3.80. The number of nitrogens with zero attached hydrogens (tertiary/aromatic N) is 1. The van der Waals surface area contributed by atoms with Crippen LogP contribution in [0.15, 0.2) is 18.2 Å². The third-order valence-corrected chi connectivity index (χ3v) is 5.25. The van der Waals surface area contributed by atoms with E-state index in [4.69, 9.17) is 4.74 Å². The van der Waals surface area contributed by atoms with Gasteiger partial charge in [-0.3, -0.25) is 9.59 Å². The van der Waals surface area contributed by atoms with Crippen LogP contribution in [0, 0.1) is 23.0 Å². The van der Waals surface area contributed by atoms with Crippen LogP contribution in [0.1, 0.15) is 30.7 Å². The maximum Gasteiger partial charge on any atom is 0.313 e. The van der Waals surface area contributed by atoms with E-state index in [2.05, 4.69) is 0 Å². The van der Waals surface area contributed by atoms with E-state index >= 15 is 0 Å². The number of piperidine rings is 1. The number of carbonyl (C=O) groups excluding carboxylic acids is 1. The Hall–Kier alpha value is -2.02. The van der Waals surface area contributed by atoms with Crippen LogP contribution >= 0.6 is 0 Å². The molecule has 1 heterocycles. The third-order valence-electron chi connectivity index (χ3n) is 5.25. The highest BCUT2D eigenvalue weighted by molar-refractivity contribution is 5.84. The van der Waals surface area contributed by atoms with Crippen LogP contribution in [-0.4, -0.2) is 48.7 Å². The number of hydrogen-bond acceptors (Lipinski definition) is 3. The number of rotatable bonds is 5. The van der Waals surface area contributed by atoms with Gasteiger partial charge >= 0.3 is 5.97 Å². The molecule has 3 atom stereocenters. The lowest BCUT2D eigenvalue weighted by Crippen LogP contribution is -2.52. The van der Waals surface area contributed by atoms with Gasteiger partial charge in [-0.25, -0.2) is 8.78 Å². The number of carbonyl (C=O) groups is 2. The monoisotopic (exact) mass is 353 g/mol. The minimum Gasteiger partial charge on any atom is -0.481 e. The van der Waals surface area contributed by atoms with Gasteiger partial charge in [-0.2, -0.15) is 0 Å². The second kappa shape index (κ2) is 6.71. The van der Waals surface area contributed by atoms with Gasteiger partial charge in [0.25, 0.3) is 0 Å². The van der Waals surface area contributed by atoms with Crippen LogP contribution in [0.5, 0.6) is 0 Å². The van der Waals surface area contributed by atoms with Crippen molar-refractivity contribution in [3.05, 3.63) is 35.4 Å². The fraction of sp³-hybridized carbons (Fsp3) is 0.556. The highest BCUT2D eigenvalue weighted by atomic mass is 19.2. The smallest absolute Gasteiger partial charge is 0.313 e. The lowest BCUT2D eigenvalue weighted by Gasteiger charge is -2.39. The van der Waals surface area contributed by atoms with E-state index in [1.54, 1.807) is 4.90 Å². The molecule has 5 nitrogen and oxygen atoms in total. The van der Waals surface area contributed by atoms with Crippen LogP contribution in [0.4, 0.5) is 8.78 Å². The van der Waals surface area contributed by atoms with Crippen LogP contribution in [0.25, 0.3) is 0 Å². The maximum atomic E-state index is 13.9. The van der Waals surface area contributed by atoms with Gasteiger partial charge in [-0.1, -0.05) is 12.1 Å². The second-order valence-corrected chi connectivity index (χ2v) is 6.97. The molecule has 1 aliphatic carbocycles. The van der Waals surface area contributed by atoms with Crippen molar-refractivity contribution in [2.24, 2.45) is 11.3 Å². The summed E-state index contributed by atoms with van der Waals surface area (Å²) in [7, 11) is 1.44. The number of aliphatic carboxylic acids is 1. The van der Waals surface area contributed by atoms with Gasteiger partial charge in [0.15, 0.2) is 11.6 Å². The quantitative estimate of drug-likeness (QED) is 0.883. The Labute approximate surface area is 144 Å². The minimum atomic E-state index is -1.10. The Kier molecular flexibility index (Phi) is 4.77. The summed E-state index contributed by atoms with van der Waals surface area (Å²) in [4.78, 5) is 25.9. The Balaban J connectivity index is 1.72. The number of methoxy groups -OCH3 is 1. The van der Waals surface area contributed by atoms with E-state index in [9.17, 15) is 23.5 Å². The van der Waals surface area contributed by atoms with E-state index in [1.807, 2.05) is 0 Å². The van der Waals surface area contributed by atoms with Crippen molar-refractivity contribution in [1.82, 2.24) is 4.90 Å². The van der Waals surface area contributed by atoms with E-state index in [-0.39, 0.29) is 30.5 Å². The third kappa shape index (κ3) is 3.25. The van der Waals surface area contributed by atoms with Gasteiger partial charge in [0.1, 0.15) is 5.41 Å². The zero-order valence-corrected chi connectivity index (χ0v) is 14.0. The van der Waals surface area contributed by atoms with Crippen LogP contribution in [-0.2, 0) is 14.3 Å². The first-order valence-corrected chi connectivity index (χ1v) is 8.34. The minimum absolute atomic E-state index is 0.0404. The highest BCUT2D eigenvalue weighted by Crippen LogP contribution is 2.50. The van der Waals surface area contributed by atoms with Gasteiger partial charge in [0, 0.05) is 26.1 Å². The molecule has 2 aliphatic rings. The number of hydrogen-bond donors (Lipinski definition) is 1. The summed E-state index contributed by atoms with van der Waals surface area (Å²) in [6.07, 6.45) is 1.49. The summed E-state index contributed by atoms with van der Waals surface area (Å²) in [5, 5.41) is 9.56. The van der Waals surface area contributed by atoms with E-state index in [1.165, 1.54) is 19.2 Å². The van der Waals surface area contributed by atoms with Gasteiger partial charge in [-0.05, 0) is 36.8 Å². The molecule has 1 amide bonds.